The van der Waals surface area contributed by atoms with Crippen LogP contribution in [0.15, 0.2) is 48.5 Å². The van der Waals surface area contributed by atoms with Crippen LogP contribution in [0.4, 0.5) is 8.78 Å². The van der Waals surface area contributed by atoms with Crippen LogP contribution < -0.4 is 0 Å². The summed E-state index contributed by atoms with van der Waals surface area (Å²) in [5, 5.41) is 0. The molecule has 0 saturated heterocycles. The van der Waals surface area contributed by atoms with E-state index in [0.29, 0.717) is 12.0 Å². The lowest BCUT2D eigenvalue weighted by Crippen LogP contribution is -2.34. The molecule has 0 aromatic heterocycles. The highest BCUT2D eigenvalue weighted by molar-refractivity contribution is 6.22. The van der Waals surface area contributed by atoms with Gasteiger partial charge < -0.3 is 0 Å². The lowest BCUT2D eigenvalue weighted by atomic mass is 9.78. The van der Waals surface area contributed by atoms with Crippen molar-refractivity contribution in [2.45, 2.75) is 11.8 Å². The van der Waals surface area contributed by atoms with Crippen molar-refractivity contribution in [3.63, 3.8) is 0 Å². The maximum absolute atomic E-state index is 14.0. The molecule has 0 radical (unpaired) electrons. The average molecular weight is 315 g/mol. The molecule has 2 rings (SSSR count). The van der Waals surface area contributed by atoms with Crippen molar-refractivity contribution in [2.24, 2.45) is 0 Å². The molecule has 0 amide bonds. The van der Waals surface area contributed by atoms with Gasteiger partial charge in [-0.1, -0.05) is 30.3 Å². The van der Waals surface area contributed by atoms with Crippen LogP contribution >= 0.6 is 23.2 Å². The van der Waals surface area contributed by atoms with Crippen LogP contribution in [0.25, 0.3) is 0 Å². The van der Waals surface area contributed by atoms with Crippen LogP contribution in [0, 0.1) is 11.6 Å². The van der Waals surface area contributed by atoms with Crippen molar-refractivity contribution in [3.8, 4) is 0 Å². The number of benzene rings is 2. The Hall–Kier alpha value is -1.12. The topological polar surface area (TPSA) is 0 Å². The Morgan fingerprint density at radius 1 is 0.900 bits per heavy atom. The fraction of sp³-hybridized carbons (Fsp3) is 0.250. The summed E-state index contributed by atoms with van der Waals surface area (Å²) in [6, 6.07) is 12.6. The Kier molecular flexibility index (Phi) is 5.00. The lowest BCUT2D eigenvalue weighted by molar-refractivity contribution is 0.489. The van der Waals surface area contributed by atoms with Crippen molar-refractivity contribution < 1.29 is 8.78 Å². The fourth-order valence-electron chi connectivity index (χ4n) is 2.30. The molecule has 0 spiro atoms. The van der Waals surface area contributed by atoms with Gasteiger partial charge in [0.1, 0.15) is 11.6 Å². The number of halogens is 4. The highest BCUT2D eigenvalue weighted by Gasteiger charge is 2.33. The van der Waals surface area contributed by atoms with Crippen LogP contribution in [-0.4, -0.2) is 11.8 Å². The predicted molar refractivity (Wildman–Crippen MR) is 79.6 cm³/mol. The first-order valence-corrected chi connectivity index (χ1v) is 7.29. The zero-order chi connectivity index (χ0) is 14.6. The van der Waals surface area contributed by atoms with Gasteiger partial charge in [-0.3, -0.25) is 0 Å². The highest BCUT2D eigenvalue weighted by Crippen LogP contribution is 2.33. The van der Waals surface area contributed by atoms with E-state index in [-0.39, 0.29) is 23.4 Å². The first-order valence-electron chi connectivity index (χ1n) is 6.23. The zero-order valence-electron chi connectivity index (χ0n) is 10.8. The monoisotopic (exact) mass is 314 g/mol. The predicted octanol–water partition coefficient (Wildman–Crippen LogP) is 4.92. The van der Waals surface area contributed by atoms with Gasteiger partial charge in [-0.2, -0.15) is 0 Å². The quantitative estimate of drug-likeness (QED) is 0.687. The maximum Gasteiger partial charge on any atom is 0.127 e. The van der Waals surface area contributed by atoms with E-state index in [2.05, 4.69) is 0 Å². The minimum absolute atomic E-state index is 0.161. The van der Waals surface area contributed by atoms with Crippen molar-refractivity contribution in [1.82, 2.24) is 0 Å². The second kappa shape index (κ2) is 6.55. The molecule has 0 nitrogen and oxygen atoms in total. The average Bonchev–Trinajstić information content (AvgIpc) is 2.46. The van der Waals surface area contributed by atoms with Gasteiger partial charge in [0.2, 0.25) is 0 Å². The number of rotatable bonds is 5. The van der Waals surface area contributed by atoms with Crippen LogP contribution in [0.2, 0.25) is 0 Å². The lowest BCUT2D eigenvalue weighted by Gasteiger charge is -2.30. The zero-order valence-corrected chi connectivity index (χ0v) is 12.3. The third kappa shape index (κ3) is 3.13. The molecule has 2 aromatic rings. The molecule has 20 heavy (non-hydrogen) atoms. The first-order chi connectivity index (χ1) is 9.61. The Bertz CT molecular complexity index is 580. The molecular formula is C16H14Cl2F2. The molecule has 0 bridgehead atoms. The Morgan fingerprint density at radius 2 is 1.60 bits per heavy atom. The normalized spacial score (nSPS) is 11.6. The maximum atomic E-state index is 14.0. The van der Waals surface area contributed by atoms with Crippen molar-refractivity contribution in [3.05, 3.63) is 71.3 Å². The Balaban J connectivity index is 2.42. The van der Waals surface area contributed by atoms with Gasteiger partial charge in [0.05, 0.1) is 0 Å². The second-order valence-electron chi connectivity index (χ2n) is 4.83. The van der Waals surface area contributed by atoms with E-state index < -0.39 is 5.41 Å². The number of alkyl halides is 2. The highest BCUT2D eigenvalue weighted by atomic mass is 35.5. The molecule has 4 heteroatoms. The molecule has 0 unspecified atom stereocenters. The summed E-state index contributed by atoms with van der Waals surface area (Å²) in [6.45, 7) is 0. The minimum Gasteiger partial charge on any atom is -0.207 e. The van der Waals surface area contributed by atoms with E-state index in [1.165, 1.54) is 18.2 Å². The molecule has 0 heterocycles. The molecule has 0 aliphatic rings. The van der Waals surface area contributed by atoms with E-state index in [4.69, 9.17) is 23.2 Å². The third-order valence-corrected chi connectivity index (χ3v) is 4.41. The first kappa shape index (κ1) is 15.3. The van der Waals surface area contributed by atoms with Gasteiger partial charge in [0, 0.05) is 17.2 Å². The molecule has 0 saturated carbocycles. The molecule has 2 aromatic carbocycles. The SMILES string of the molecule is Fc1cccc(CC(CCl)(CCl)c2ccccc2F)c1. The molecule has 0 aliphatic carbocycles. The molecule has 0 fully saturated rings. The van der Waals surface area contributed by atoms with Gasteiger partial charge in [0.25, 0.3) is 0 Å². The number of hydrogen-bond acceptors (Lipinski definition) is 0. The van der Waals surface area contributed by atoms with E-state index in [0.717, 1.165) is 5.56 Å². The minimum atomic E-state index is -0.748. The molecule has 0 aliphatic heterocycles. The van der Waals surface area contributed by atoms with Gasteiger partial charge in [-0.05, 0) is 35.7 Å². The Labute approximate surface area is 127 Å². The van der Waals surface area contributed by atoms with Crippen molar-refractivity contribution in [1.29, 1.82) is 0 Å². The van der Waals surface area contributed by atoms with Crippen LogP contribution in [0.3, 0.4) is 0 Å². The van der Waals surface area contributed by atoms with Gasteiger partial charge in [-0.25, -0.2) is 8.78 Å². The van der Waals surface area contributed by atoms with E-state index >= 15 is 0 Å². The van der Waals surface area contributed by atoms with E-state index in [9.17, 15) is 8.78 Å². The van der Waals surface area contributed by atoms with Crippen LogP contribution in [0.5, 0.6) is 0 Å². The smallest absolute Gasteiger partial charge is 0.127 e. The largest absolute Gasteiger partial charge is 0.207 e. The molecular weight excluding hydrogens is 301 g/mol. The van der Waals surface area contributed by atoms with Crippen LogP contribution in [0.1, 0.15) is 11.1 Å². The summed E-state index contributed by atoms with van der Waals surface area (Å²) < 4.78 is 27.3. The van der Waals surface area contributed by atoms with Crippen molar-refractivity contribution in [2.75, 3.05) is 11.8 Å². The number of hydrogen-bond donors (Lipinski definition) is 0. The Morgan fingerprint density at radius 3 is 2.20 bits per heavy atom. The second-order valence-corrected chi connectivity index (χ2v) is 5.37. The summed E-state index contributed by atoms with van der Waals surface area (Å²) in [6.07, 6.45) is 0.388. The summed E-state index contributed by atoms with van der Waals surface area (Å²) >= 11 is 12.2. The summed E-state index contributed by atoms with van der Waals surface area (Å²) in [5.41, 5.74) is 0.464. The molecule has 0 N–H and O–H groups in total. The summed E-state index contributed by atoms with van der Waals surface area (Å²) in [7, 11) is 0. The van der Waals surface area contributed by atoms with Crippen molar-refractivity contribution >= 4 is 23.2 Å². The molecule has 0 atom stereocenters. The summed E-state index contributed by atoms with van der Waals surface area (Å²) in [5.74, 6) is -0.346. The van der Waals surface area contributed by atoms with Gasteiger partial charge in [-0.15, -0.1) is 23.2 Å². The van der Waals surface area contributed by atoms with E-state index in [1.807, 2.05) is 0 Å². The van der Waals surface area contributed by atoms with Crippen LogP contribution in [-0.2, 0) is 11.8 Å². The van der Waals surface area contributed by atoms with E-state index in [1.54, 1.807) is 30.3 Å². The summed E-state index contributed by atoms with van der Waals surface area (Å²) in [4.78, 5) is 0. The third-order valence-electron chi connectivity index (χ3n) is 3.39. The standard InChI is InChI=1S/C16H14Cl2F2/c17-10-16(11-18,14-6-1-2-7-15(14)20)9-12-4-3-5-13(19)8-12/h1-8H,9-11H2. The fourth-order valence-corrected chi connectivity index (χ4v) is 3.06. The molecule has 106 valence electrons. The van der Waals surface area contributed by atoms with Gasteiger partial charge in [0.15, 0.2) is 0 Å². The van der Waals surface area contributed by atoms with Gasteiger partial charge >= 0.3 is 0 Å².